The fraction of sp³-hybridized carbons (Fsp3) is 0.846. The van der Waals surface area contributed by atoms with Crippen molar-refractivity contribution in [1.29, 1.82) is 0 Å². The first-order valence-corrected chi connectivity index (χ1v) is 9.95. The zero-order valence-electron chi connectivity index (χ0n) is 12.8. The van der Waals surface area contributed by atoms with Gasteiger partial charge in [-0.05, 0) is 20.8 Å². The molecular formula is C13H24N2O3S3. The number of likely N-dealkylation sites (tertiary alicyclic amines) is 1. The highest BCUT2D eigenvalue weighted by atomic mass is 33.1. The molecule has 2 amide bonds. The van der Waals surface area contributed by atoms with Crippen LogP contribution in [0.3, 0.4) is 0 Å². The van der Waals surface area contributed by atoms with Gasteiger partial charge in [0.05, 0.1) is 0 Å². The van der Waals surface area contributed by atoms with Crippen molar-refractivity contribution in [3.8, 4) is 0 Å². The zero-order valence-corrected chi connectivity index (χ0v) is 15.3. The van der Waals surface area contributed by atoms with Gasteiger partial charge in [-0.15, -0.1) is 0 Å². The SMILES string of the molecule is CC(C)(C)OC(=O)NCCSSCCN1CC(S)CC1=O. The lowest BCUT2D eigenvalue weighted by atomic mass is 10.2. The van der Waals surface area contributed by atoms with Crippen molar-refractivity contribution in [2.75, 3.05) is 31.1 Å². The van der Waals surface area contributed by atoms with E-state index in [1.54, 1.807) is 21.6 Å². The summed E-state index contributed by atoms with van der Waals surface area (Å²) in [5, 5.41) is 2.90. The first-order valence-electron chi connectivity index (χ1n) is 6.95. The van der Waals surface area contributed by atoms with Crippen molar-refractivity contribution in [3.05, 3.63) is 0 Å². The monoisotopic (exact) mass is 352 g/mol. The molecule has 1 N–H and O–H groups in total. The molecular weight excluding hydrogens is 328 g/mol. The van der Waals surface area contributed by atoms with E-state index in [0.717, 1.165) is 24.6 Å². The van der Waals surface area contributed by atoms with Crippen LogP contribution in [-0.4, -0.2) is 58.9 Å². The third-order valence-corrected chi connectivity index (χ3v) is 5.31. The Bertz CT molecular complexity index is 361. The van der Waals surface area contributed by atoms with Crippen LogP contribution in [0.25, 0.3) is 0 Å². The minimum Gasteiger partial charge on any atom is -0.444 e. The summed E-state index contributed by atoms with van der Waals surface area (Å²) >= 11 is 4.32. The molecule has 1 fully saturated rings. The van der Waals surface area contributed by atoms with Gasteiger partial charge >= 0.3 is 6.09 Å². The number of amides is 2. The summed E-state index contributed by atoms with van der Waals surface area (Å²) in [5.41, 5.74) is -0.459. The van der Waals surface area contributed by atoms with E-state index in [0.29, 0.717) is 13.0 Å². The van der Waals surface area contributed by atoms with E-state index in [1.165, 1.54) is 0 Å². The van der Waals surface area contributed by atoms with Crippen molar-refractivity contribution in [1.82, 2.24) is 10.2 Å². The van der Waals surface area contributed by atoms with Crippen LogP contribution < -0.4 is 5.32 Å². The largest absolute Gasteiger partial charge is 0.444 e. The molecule has 5 nitrogen and oxygen atoms in total. The Kier molecular flexibility index (Phi) is 8.12. The molecule has 0 radical (unpaired) electrons. The maximum absolute atomic E-state index is 11.5. The van der Waals surface area contributed by atoms with Crippen molar-refractivity contribution >= 4 is 46.2 Å². The predicted octanol–water partition coefficient (Wildman–Crippen LogP) is 2.42. The van der Waals surface area contributed by atoms with Gasteiger partial charge in [0.15, 0.2) is 0 Å². The van der Waals surface area contributed by atoms with Crippen LogP contribution in [0.2, 0.25) is 0 Å². The Balaban J connectivity index is 1.96. The number of hydrogen-bond acceptors (Lipinski definition) is 6. The quantitative estimate of drug-likeness (QED) is 0.419. The van der Waals surface area contributed by atoms with Gasteiger partial charge < -0.3 is 15.0 Å². The highest BCUT2D eigenvalue weighted by Crippen LogP contribution is 2.22. The molecule has 0 aliphatic carbocycles. The van der Waals surface area contributed by atoms with Gasteiger partial charge in [0.25, 0.3) is 0 Å². The van der Waals surface area contributed by atoms with Gasteiger partial charge in [0.2, 0.25) is 5.91 Å². The van der Waals surface area contributed by atoms with Gasteiger partial charge in [-0.25, -0.2) is 4.79 Å². The van der Waals surface area contributed by atoms with Crippen LogP contribution in [-0.2, 0) is 9.53 Å². The van der Waals surface area contributed by atoms with Crippen LogP contribution in [0.4, 0.5) is 4.79 Å². The summed E-state index contributed by atoms with van der Waals surface area (Å²) in [6, 6.07) is 0. The van der Waals surface area contributed by atoms with E-state index in [4.69, 9.17) is 4.74 Å². The molecule has 0 spiro atoms. The van der Waals surface area contributed by atoms with E-state index in [2.05, 4.69) is 17.9 Å². The van der Waals surface area contributed by atoms with Gasteiger partial charge in [0, 0.05) is 42.8 Å². The maximum Gasteiger partial charge on any atom is 0.407 e. The lowest BCUT2D eigenvalue weighted by Gasteiger charge is -2.19. The second-order valence-electron chi connectivity index (χ2n) is 5.77. The van der Waals surface area contributed by atoms with Crippen LogP contribution in [0.5, 0.6) is 0 Å². The first kappa shape index (κ1) is 18.8. The van der Waals surface area contributed by atoms with Gasteiger partial charge in [-0.2, -0.15) is 12.6 Å². The third kappa shape index (κ3) is 8.73. The summed E-state index contributed by atoms with van der Waals surface area (Å²) < 4.78 is 5.14. The second-order valence-corrected chi connectivity index (χ2v) is 9.20. The number of alkyl carbamates (subject to hydrolysis) is 1. The Hall–Kier alpha value is -0.210. The fourth-order valence-corrected chi connectivity index (χ4v) is 3.99. The maximum atomic E-state index is 11.5. The first-order chi connectivity index (χ1) is 9.78. The molecule has 1 rings (SSSR count). The normalized spacial score (nSPS) is 19.0. The number of nitrogens with zero attached hydrogens (tertiary/aromatic N) is 1. The van der Waals surface area contributed by atoms with Gasteiger partial charge in [-0.1, -0.05) is 21.6 Å². The van der Waals surface area contributed by atoms with Crippen LogP contribution in [0, 0.1) is 0 Å². The highest BCUT2D eigenvalue weighted by Gasteiger charge is 2.26. The predicted molar refractivity (Wildman–Crippen MR) is 93.1 cm³/mol. The smallest absolute Gasteiger partial charge is 0.407 e. The van der Waals surface area contributed by atoms with E-state index >= 15 is 0 Å². The number of rotatable bonds is 7. The molecule has 1 heterocycles. The van der Waals surface area contributed by atoms with Crippen molar-refractivity contribution in [3.63, 3.8) is 0 Å². The summed E-state index contributed by atoms with van der Waals surface area (Å²) in [6.07, 6.45) is 0.177. The summed E-state index contributed by atoms with van der Waals surface area (Å²) in [7, 11) is 3.40. The summed E-state index contributed by atoms with van der Waals surface area (Å²) in [5.74, 6) is 1.91. The van der Waals surface area contributed by atoms with E-state index in [1.807, 2.05) is 25.7 Å². The number of ether oxygens (including phenoxy) is 1. The van der Waals surface area contributed by atoms with E-state index < -0.39 is 5.60 Å². The van der Waals surface area contributed by atoms with Gasteiger partial charge in [-0.3, -0.25) is 4.79 Å². The molecule has 21 heavy (non-hydrogen) atoms. The lowest BCUT2D eigenvalue weighted by Crippen LogP contribution is -2.33. The minimum atomic E-state index is -0.459. The molecule has 0 bridgehead atoms. The molecule has 122 valence electrons. The average Bonchev–Trinajstić information content (AvgIpc) is 2.64. The average molecular weight is 353 g/mol. The minimum absolute atomic E-state index is 0.188. The number of thiol groups is 1. The number of carbonyl (C=O) groups is 2. The molecule has 0 saturated carbocycles. The number of carbonyl (C=O) groups excluding carboxylic acids is 2. The highest BCUT2D eigenvalue weighted by molar-refractivity contribution is 8.76. The summed E-state index contributed by atoms with van der Waals surface area (Å²) in [4.78, 5) is 24.8. The van der Waals surface area contributed by atoms with Crippen LogP contribution in [0.1, 0.15) is 27.2 Å². The Labute approximate surface area is 140 Å². The standard InChI is InChI=1S/C13H24N2O3S3/c1-13(2,3)18-12(17)14-4-6-20-21-7-5-15-9-10(19)8-11(15)16/h10,19H,4-9H2,1-3H3,(H,14,17). The molecule has 0 aromatic rings. The van der Waals surface area contributed by atoms with Crippen molar-refractivity contribution < 1.29 is 14.3 Å². The van der Waals surface area contributed by atoms with Crippen molar-refractivity contribution in [2.45, 2.75) is 38.0 Å². The topological polar surface area (TPSA) is 58.6 Å². The third-order valence-electron chi connectivity index (χ3n) is 2.58. The molecule has 1 unspecified atom stereocenters. The number of hydrogen-bond donors (Lipinski definition) is 2. The Morgan fingerprint density at radius 2 is 2.10 bits per heavy atom. The second kappa shape index (κ2) is 9.05. The Morgan fingerprint density at radius 3 is 2.67 bits per heavy atom. The Morgan fingerprint density at radius 1 is 1.43 bits per heavy atom. The number of nitrogens with one attached hydrogen (secondary N) is 1. The van der Waals surface area contributed by atoms with E-state index in [9.17, 15) is 9.59 Å². The van der Waals surface area contributed by atoms with Crippen molar-refractivity contribution in [2.24, 2.45) is 0 Å². The molecule has 1 saturated heterocycles. The summed E-state index contributed by atoms with van der Waals surface area (Å²) in [6.45, 7) is 7.62. The zero-order chi connectivity index (χ0) is 15.9. The van der Waals surface area contributed by atoms with Crippen LogP contribution >= 0.6 is 34.2 Å². The van der Waals surface area contributed by atoms with E-state index in [-0.39, 0.29) is 17.3 Å². The molecule has 1 aliphatic rings. The molecule has 1 atom stereocenters. The molecule has 1 aliphatic heterocycles. The molecule has 8 heteroatoms. The van der Waals surface area contributed by atoms with Crippen LogP contribution in [0.15, 0.2) is 0 Å². The molecule has 0 aromatic carbocycles. The fourth-order valence-electron chi connectivity index (χ4n) is 1.74. The van der Waals surface area contributed by atoms with Gasteiger partial charge in [0.1, 0.15) is 5.60 Å². The lowest BCUT2D eigenvalue weighted by molar-refractivity contribution is -0.127. The molecule has 0 aromatic heterocycles.